The van der Waals surface area contributed by atoms with Crippen molar-refractivity contribution in [1.82, 2.24) is 0 Å². The van der Waals surface area contributed by atoms with Crippen molar-refractivity contribution >= 4 is 17.9 Å². The van der Waals surface area contributed by atoms with E-state index in [0.29, 0.717) is 19.3 Å². The molecule has 6 nitrogen and oxygen atoms in total. The van der Waals surface area contributed by atoms with Crippen molar-refractivity contribution in [3.63, 3.8) is 0 Å². The molecule has 0 saturated carbocycles. The third-order valence-electron chi connectivity index (χ3n) is 11.1. The zero-order valence-electron chi connectivity index (χ0n) is 42.7. The molecule has 6 heteroatoms. The van der Waals surface area contributed by atoms with E-state index < -0.39 is 6.10 Å². The third kappa shape index (κ3) is 51.1. The van der Waals surface area contributed by atoms with Gasteiger partial charge in [-0.3, -0.25) is 14.4 Å². The minimum Gasteiger partial charge on any atom is -0.462 e. The highest BCUT2D eigenvalue weighted by Gasteiger charge is 2.19. The molecule has 1 unspecified atom stereocenters. The second-order valence-corrected chi connectivity index (χ2v) is 17.5. The Morgan fingerprint density at radius 3 is 1.12 bits per heavy atom. The SMILES string of the molecule is CC\C=C/C=C\C=C/C=C\CCCCCCCC(=O)OC(COC(=O)CCCCC/C=C\C/C=C\C/C=C\C/C=C\C/C=C\CC)COC(=O)CCCCCCCCCCCCCCCC. The van der Waals surface area contributed by atoms with Crippen molar-refractivity contribution in [3.05, 3.63) is 109 Å². The number of hydrogen-bond acceptors (Lipinski definition) is 6. The highest BCUT2D eigenvalue weighted by Crippen LogP contribution is 2.15. The van der Waals surface area contributed by atoms with Crippen LogP contribution in [0.1, 0.15) is 233 Å². The molecular formula is C60H98O6. The molecule has 0 fully saturated rings. The first-order chi connectivity index (χ1) is 32.5. The van der Waals surface area contributed by atoms with Crippen LogP contribution in [0.2, 0.25) is 0 Å². The molecule has 0 aromatic rings. The minimum absolute atomic E-state index is 0.0986. The normalized spacial score (nSPS) is 13.0. The maximum absolute atomic E-state index is 12.8. The average molecular weight is 915 g/mol. The van der Waals surface area contributed by atoms with Crippen molar-refractivity contribution in [2.45, 2.75) is 239 Å². The molecule has 0 aliphatic rings. The van der Waals surface area contributed by atoms with Gasteiger partial charge in [-0.2, -0.15) is 0 Å². The summed E-state index contributed by atoms with van der Waals surface area (Å²) < 4.78 is 16.8. The van der Waals surface area contributed by atoms with Gasteiger partial charge in [-0.1, -0.05) is 239 Å². The topological polar surface area (TPSA) is 78.9 Å². The van der Waals surface area contributed by atoms with E-state index in [1.165, 1.54) is 70.6 Å². The lowest BCUT2D eigenvalue weighted by Gasteiger charge is -2.18. The predicted octanol–water partition coefficient (Wildman–Crippen LogP) is 17.9. The number of allylic oxidation sites excluding steroid dienone is 18. The Kier molecular flexibility index (Phi) is 50.5. The van der Waals surface area contributed by atoms with Gasteiger partial charge in [0, 0.05) is 19.3 Å². The maximum Gasteiger partial charge on any atom is 0.306 e. The predicted molar refractivity (Wildman–Crippen MR) is 283 cm³/mol. The molecule has 0 radical (unpaired) electrons. The van der Waals surface area contributed by atoms with Crippen molar-refractivity contribution < 1.29 is 28.6 Å². The molecule has 0 aliphatic carbocycles. The van der Waals surface area contributed by atoms with Crippen molar-refractivity contribution in [3.8, 4) is 0 Å². The van der Waals surface area contributed by atoms with Crippen LogP contribution in [0, 0.1) is 0 Å². The first-order valence-corrected chi connectivity index (χ1v) is 26.9. The molecule has 0 saturated heterocycles. The zero-order valence-corrected chi connectivity index (χ0v) is 42.7. The molecule has 0 aromatic carbocycles. The van der Waals surface area contributed by atoms with Crippen LogP contribution in [0.25, 0.3) is 0 Å². The van der Waals surface area contributed by atoms with Crippen LogP contribution in [0.5, 0.6) is 0 Å². The Balaban J connectivity index is 4.49. The summed E-state index contributed by atoms with van der Waals surface area (Å²) in [5, 5.41) is 0. The van der Waals surface area contributed by atoms with Crippen molar-refractivity contribution in [2.24, 2.45) is 0 Å². The van der Waals surface area contributed by atoms with E-state index in [-0.39, 0.29) is 31.1 Å². The van der Waals surface area contributed by atoms with Crippen molar-refractivity contribution in [1.29, 1.82) is 0 Å². The highest BCUT2D eigenvalue weighted by atomic mass is 16.6. The van der Waals surface area contributed by atoms with Crippen LogP contribution in [-0.2, 0) is 28.6 Å². The first-order valence-electron chi connectivity index (χ1n) is 26.9. The van der Waals surface area contributed by atoms with Crippen molar-refractivity contribution in [2.75, 3.05) is 13.2 Å². The summed E-state index contributed by atoms with van der Waals surface area (Å²) in [6, 6.07) is 0. The minimum atomic E-state index is -0.804. The largest absolute Gasteiger partial charge is 0.462 e. The second kappa shape index (κ2) is 53.7. The summed E-state index contributed by atoms with van der Waals surface area (Å²) in [4.78, 5) is 38.1. The van der Waals surface area contributed by atoms with Gasteiger partial charge in [0.05, 0.1) is 0 Å². The van der Waals surface area contributed by atoms with Gasteiger partial charge in [-0.05, 0) is 83.5 Å². The zero-order chi connectivity index (χ0) is 47.9. The molecule has 0 spiro atoms. The molecule has 0 aliphatic heterocycles. The molecule has 0 bridgehead atoms. The molecule has 0 amide bonds. The Labute approximate surface area is 406 Å². The third-order valence-corrected chi connectivity index (χ3v) is 11.1. The monoisotopic (exact) mass is 915 g/mol. The van der Waals surface area contributed by atoms with Crippen LogP contribution in [0.3, 0.4) is 0 Å². The van der Waals surface area contributed by atoms with Gasteiger partial charge in [0.25, 0.3) is 0 Å². The van der Waals surface area contributed by atoms with Gasteiger partial charge >= 0.3 is 17.9 Å². The molecule has 66 heavy (non-hydrogen) atoms. The fourth-order valence-corrected chi connectivity index (χ4v) is 7.13. The summed E-state index contributed by atoms with van der Waals surface area (Å²) in [6.07, 6.45) is 72.1. The average Bonchev–Trinajstić information content (AvgIpc) is 3.31. The Morgan fingerprint density at radius 1 is 0.333 bits per heavy atom. The summed E-state index contributed by atoms with van der Waals surface area (Å²) >= 11 is 0. The number of unbranched alkanes of at least 4 members (excludes halogenated alkanes) is 21. The van der Waals surface area contributed by atoms with Gasteiger partial charge < -0.3 is 14.2 Å². The summed E-state index contributed by atoms with van der Waals surface area (Å²) in [5.41, 5.74) is 0. The highest BCUT2D eigenvalue weighted by molar-refractivity contribution is 5.71. The first kappa shape index (κ1) is 62.1. The molecule has 0 aromatic heterocycles. The van der Waals surface area contributed by atoms with E-state index in [4.69, 9.17) is 14.2 Å². The second-order valence-electron chi connectivity index (χ2n) is 17.5. The molecule has 374 valence electrons. The quantitative estimate of drug-likeness (QED) is 0.0199. The van der Waals surface area contributed by atoms with Gasteiger partial charge in [0.2, 0.25) is 0 Å². The van der Waals surface area contributed by atoms with Crippen LogP contribution >= 0.6 is 0 Å². The van der Waals surface area contributed by atoms with Gasteiger partial charge in [0.1, 0.15) is 13.2 Å². The lowest BCUT2D eigenvalue weighted by molar-refractivity contribution is -0.167. The van der Waals surface area contributed by atoms with Crippen LogP contribution in [-0.4, -0.2) is 37.2 Å². The molecular weight excluding hydrogens is 817 g/mol. The standard InChI is InChI=1S/C60H98O6/c1-4-7-10-13-16-19-22-25-28-29-30-31-33-35-38-41-44-47-50-53-59(62)65-56-57(55-64-58(61)52-49-46-43-40-37-34-27-24-21-18-15-12-9-6-3)66-60(63)54-51-48-45-42-39-36-32-26-23-20-17-14-11-8-5-2/h7-8,10-11,14,16-17,19-20,23,25-26,28,30-32,35,38,57H,4-6,9,12-13,15,18,21-22,24,27,29,33-34,36-37,39-56H2,1-3H3/b10-7-,11-8-,17-14-,19-16-,23-20-,28-25-,31-30-,32-26-,38-35-. The number of carbonyl (C=O) groups excluding carboxylic acids is 3. The lowest BCUT2D eigenvalue weighted by atomic mass is 10.0. The summed E-state index contributed by atoms with van der Waals surface area (Å²) in [7, 11) is 0. The Morgan fingerprint density at radius 2 is 0.667 bits per heavy atom. The molecule has 0 heterocycles. The molecule has 1 atom stereocenters. The number of esters is 3. The number of rotatable bonds is 47. The van der Waals surface area contributed by atoms with E-state index in [1.807, 2.05) is 18.2 Å². The van der Waals surface area contributed by atoms with E-state index in [0.717, 1.165) is 122 Å². The fourth-order valence-electron chi connectivity index (χ4n) is 7.13. The van der Waals surface area contributed by atoms with Gasteiger partial charge in [0.15, 0.2) is 6.10 Å². The number of carbonyl (C=O) groups is 3. The van der Waals surface area contributed by atoms with Gasteiger partial charge in [-0.25, -0.2) is 0 Å². The maximum atomic E-state index is 12.8. The fraction of sp³-hybridized carbons (Fsp3) is 0.650. The molecule has 0 rings (SSSR count). The summed E-state index contributed by atoms with van der Waals surface area (Å²) in [5.74, 6) is -0.957. The lowest BCUT2D eigenvalue weighted by Crippen LogP contribution is -2.30. The van der Waals surface area contributed by atoms with Crippen LogP contribution in [0.15, 0.2) is 109 Å². The smallest absolute Gasteiger partial charge is 0.306 e. The Hall–Kier alpha value is -3.93. The van der Waals surface area contributed by atoms with Gasteiger partial charge in [-0.15, -0.1) is 0 Å². The van der Waals surface area contributed by atoms with E-state index in [2.05, 4.69) is 112 Å². The molecule has 0 N–H and O–H groups in total. The summed E-state index contributed by atoms with van der Waals surface area (Å²) in [6.45, 7) is 6.34. The Bertz CT molecular complexity index is 1370. The number of ether oxygens (including phenoxy) is 3. The van der Waals surface area contributed by atoms with E-state index in [1.54, 1.807) is 0 Å². The van der Waals surface area contributed by atoms with E-state index >= 15 is 0 Å². The number of hydrogen-bond donors (Lipinski definition) is 0. The van der Waals surface area contributed by atoms with Crippen LogP contribution in [0.4, 0.5) is 0 Å². The van der Waals surface area contributed by atoms with Crippen LogP contribution < -0.4 is 0 Å². The van der Waals surface area contributed by atoms with E-state index in [9.17, 15) is 14.4 Å².